The summed E-state index contributed by atoms with van der Waals surface area (Å²) >= 11 is 0. The minimum atomic E-state index is -0.0351. The molecule has 4 heteroatoms. The predicted octanol–water partition coefficient (Wildman–Crippen LogP) is 2.04. The van der Waals surface area contributed by atoms with Crippen LogP contribution in [0.4, 0.5) is 0 Å². The molecule has 2 N–H and O–H groups in total. The monoisotopic (exact) mass is 256 g/mol. The molecule has 0 atom stereocenters. The Bertz CT molecular complexity index is 541. The first kappa shape index (κ1) is 13.1. The fourth-order valence-electron chi connectivity index (χ4n) is 1.76. The smallest absolute Gasteiger partial charge is 0.220 e. The summed E-state index contributed by atoms with van der Waals surface area (Å²) in [7, 11) is 0. The zero-order valence-electron chi connectivity index (χ0n) is 10.5. The summed E-state index contributed by atoms with van der Waals surface area (Å²) in [5.41, 5.74) is 1.76. The predicted molar refractivity (Wildman–Crippen MR) is 72.5 cm³/mol. The summed E-state index contributed by atoms with van der Waals surface area (Å²) in [6.07, 6.45) is 4.32. The van der Waals surface area contributed by atoms with Gasteiger partial charge in [0, 0.05) is 25.4 Å². The molecule has 1 amide bonds. The number of rotatable bonds is 5. The lowest BCUT2D eigenvalue weighted by Gasteiger charge is -2.06. The van der Waals surface area contributed by atoms with Crippen LogP contribution in [0, 0.1) is 0 Å². The fraction of sp³-hybridized carbons (Fsp3) is 0.200. The molecule has 0 spiro atoms. The number of amides is 1. The Labute approximate surface area is 112 Å². The van der Waals surface area contributed by atoms with Crippen LogP contribution < -0.4 is 5.32 Å². The van der Waals surface area contributed by atoms with Crippen molar-refractivity contribution in [3.8, 4) is 5.75 Å². The number of para-hydroxylation sites is 1. The van der Waals surface area contributed by atoms with Crippen LogP contribution in [-0.4, -0.2) is 16.0 Å². The lowest BCUT2D eigenvalue weighted by molar-refractivity contribution is -0.121. The van der Waals surface area contributed by atoms with Crippen molar-refractivity contribution in [3.63, 3.8) is 0 Å². The van der Waals surface area contributed by atoms with Crippen LogP contribution in [0.5, 0.6) is 5.75 Å². The third-order valence-electron chi connectivity index (χ3n) is 2.83. The Morgan fingerprint density at radius 1 is 1.21 bits per heavy atom. The van der Waals surface area contributed by atoms with Gasteiger partial charge in [-0.3, -0.25) is 9.78 Å². The molecule has 2 aromatic rings. The quantitative estimate of drug-likeness (QED) is 0.860. The zero-order chi connectivity index (χ0) is 13.5. The third kappa shape index (κ3) is 4.10. The van der Waals surface area contributed by atoms with E-state index in [0.717, 1.165) is 11.1 Å². The van der Waals surface area contributed by atoms with Gasteiger partial charge in [-0.2, -0.15) is 0 Å². The Morgan fingerprint density at radius 2 is 2.05 bits per heavy atom. The van der Waals surface area contributed by atoms with Crippen molar-refractivity contribution in [1.82, 2.24) is 10.3 Å². The van der Waals surface area contributed by atoms with Crippen LogP contribution >= 0.6 is 0 Å². The molecule has 98 valence electrons. The highest BCUT2D eigenvalue weighted by atomic mass is 16.3. The van der Waals surface area contributed by atoms with Crippen LogP contribution in [0.1, 0.15) is 17.5 Å². The summed E-state index contributed by atoms with van der Waals surface area (Å²) in [4.78, 5) is 15.7. The maximum Gasteiger partial charge on any atom is 0.220 e. The summed E-state index contributed by atoms with van der Waals surface area (Å²) in [6.45, 7) is 0.480. The van der Waals surface area contributed by atoms with Gasteiger partial charge in [-0.15, -0.1) is 0 Å². The average molecular weight is 256 g/mol. The first-order chi connectivity index (χ1) is 9.25. The number of aryl methyl sites for hydroxylation is 1. The van der Waals surface area contributed by atoms with E-state index in [2.05, 4.69) is 10.3 Å². The van der Waals surface area contributed by atoms with Crippen molar-refractivity contribution in [1.29, 1.82) is 0 Å². The van der Waals surface area contributed by atoms with Gasteiger partial charge in [0.05, 0.1) is 0 Å². The number of benzene rings is 1. The molecule has 0 bridgehead atoms. The van der Waals surface area contributed by atoms with Gasteiger partial charge in [0.15, 0.2) is 0 Å². The number of phenols is 1. The first-order valence-electron chi connectivity index (χ1n) is 6.18. The molecule has 0 fully saturated rings. The normalized spacial score (nSPS) is 10.1. The number of aromatic nitrogens is 1. The van der Waals surface area contributed by atoms with Gasteiger partial charge in [-0.05, 0) is 29.7 Å². The number of hydrogen-bond donors (Lipinski definition) is 2. The topological polar surface area (TPSA) is 62.2 Å². The van der Waals surface area contributed by atoms with E-state index in [1.54, 1.807) is 24.5 Å². The van der Waals surface area contributed by atoms with E-state index >= 15 is 0 Å². The van der Waals surface area contributed by atoms with Crippen molar-refractivity contribution in [2.75, 3.05) is 0 Å². The number of nitrogens with zero attached hydrogens (tertiary/aromatic N) is 1. The second-order valence-corrected chi connectivity index (χ2v) is 4.27. The van der Waals surface area contributed by atoms with Gasteiger partial charge in [-0.1, -0.05) is 24.3 Å². The Morgan fingerprint density at radius 3 is 2.79 bits per heavy atom. The lowest BCUT2D eigenvalue weighted by Crippen LogP contribution is -2.23. The molecule has 1 aromatic carbocycles. The molecule has 0 saturated carbocycles. The summed E-state index contributed by atoms with van der Waals surface area (Å²) in [5.74, 6) is 0.203. The lowest BCUT2D eigenvalue weighted by atomic mass is 10.1. The van der Waals surface area contributed by atoms with Crippen molar-refractivity contribution in [2.24, 2.45) is 0 Å². The van der Waals surface area contributed by atoms with Crippen LogP contribution in [0.15, 0.2) is 48.8 Å². The van der Waals surface area contributed by atoms with Gasteiger partial charge < -0.3 is 10.4 Å². The minimum Gasteiger partial charge on any atom is -0.508 e. The van der Waals surface area contributed by atoms with Gasteiger partial charge in [-0.25, -0.2) is 0 Å². The molecule has 0 aliphatic heterocycles. The molecule has 1 aromatic heterocycles. The highest BCUT2D eigenvalue weighted by Gasteiger charge is 2.05. The Kier molecular flexibility index (Phi) is 4.50. The summed E-state index contributed by atoms with van der Waals surface area (Å²) < 4.78 is 0. The Balaban J connectivity index is 1.78. The van der Waals surface area contributed by atoms with E-state index < -0.39 is 0 Å². The molecule has 2 rings (SSSR count). The summed E-state index contributed by atoms with van der Waals surface area (Å²) in [6, 6.07) is 10.8. The number of nitrogens with one attached hydrogen (secondary N) is 1. The highest BCUT2D eigenvalue weighted by molar-refractivity contribution is 5.76. The van der Waals surface area contributed by atoms with Gasteiger partial charge in [0.25, 0.3) is 0 Å². The largest absolute Gasteiger partial charge is 0.508 e. The van der Waals surface area contributed by atoms with Crippen LogP contribution in [0.25, 0.3) is 0 Å². The number of aromatic hydroxyl groups is 1. The zero-order valence-corrected chi connectivity index (χ0v) is 10.5. The molecule has 19 heavy (non-hydrogen) atoms. The van der Waals surface area contributed by atoms with Crippen LogP contribution in [0.3, 0.4) is 0 Å². The second-order valence-electron chi connectivity index (χ2n) is 4.27. The minimum absolute atomic E-state index is 0.0351. The van der Waals surface area contributed by atoms with E-state index in [4.69, 9.17) is 0 Å². The fourth-order valence-corrected chi connectivity index (χ4v) is 1.76. The van der Waals surface area contributed by atoms with E-state index in [9.17, 15) is 9.90 Å². The van der Waals surface area contributed by atoms with Crippen LogP contribution in [-0.2, 0) is 17.8 Å². The molecule has 1 heterocycles. The number of hydrogen-bond acceptors (Lipinski definition) is 3. The molecule has 0 aliphatic carbocycles. The molecular weight excluding hydrogens is 240 g/mol. The maximum absolute atomic E-state index is 11.7. The van der Waals surface area contributed by atoms with Crippen LogP contribution in [0.2, 0.25) is 0 Å². The Hall–Kier alpha value is -2.36. The van der Waals surface area contributed by atoms with E-state index in [1.807, 2.05) is 24.3 Å². The van der Waals surface area contributed by atoms with Crippen molar-refractivity contribution < 1.29 is 9.90 Å². The van der Waals surface area contributed by atoms with Gasteiger partial charge >= 0.3 is 0 Å². The third-order valence-corrected chi connectivity index (χ3v) is 2.83. The molecule has 0 aliphatic rings. The molecule has 4 nitrogen and oxygen atoms in total. The van der Waals surface area contributed by atoms with Crippen molar-refractivity contribution >= 4 is 5.91 Å². The van der Waals surface area contributed by atoms with Gasteiger partial charge in [0.2, 0.25) is 5.91 Å². The first-order valence-corrected chi connectivity index (χ1v) is 6.18. The van der Waals surface area contributed by atoms with Crippen molar-refractivity contribution in [2.45, 2.75) is 19.4 Å². The van der Waals surface area contributed by atoms with E-state index in [1.165, 1.54) is 0 Å². The molecule has 0 saturated heterocycles. The number of carbonyl (C=O) groups is 1. The number of carbonyl (C=O) groups excluding carboxylic acids is 1. The number of phenolic OH excluding ortho intramolecular Hbond substituents is 1. The van der Waals surface area contributed by atoms with Crippen molar-refractivity contribution in [3.05, 3.63) is 59.9 Å². The van der Waals surface area contributed by atoms with Gasteiger partial charge in [0.1, 0.15) is 5.75 Å². The number of pyridine rings is 1. The summed E-state index contributed by atoms with van der Waals surface area (Å²) in [5, 5.41) is 12.4. The molecular formula is C15H16N2O2. The molecule has 0 radical (unpaired) electrons. The standard InChI is InChI=1S/C15H16N2O2/c18-14-6-2-1-5-13(14)7-8-15(19)17-11-12-4-3-9-16-10-12/h1-6,9-10,18H,7-8,11H2,(H,17,19). The second kappa shape index (κ2) is 6.54. The molecule has 0 unspecified atom stereocenters. The van der Waals surface area contributed by atoms with E-state index in [-0.39, 0.29) is 11.7 Å². The highest BCUT2D eigenvalue weighted by Crippen LogP contribution is 2.16. The average Bonchev–Trinajstić information content (AvgIpc) is 2.45. The SMILES string of the molecule is O=C(CCc1ccccc1O)NCc1cccnc1. The maximum atomic E-state index is 11.7. The van der Waals surface area contributed by atoms with E-state index in [0.29, 0.717) is 19.4 Å².